The number of carboxylic acid groups (broad SMARTS) is 1. The topological polar surface area (TPSA) is 79.1 Å². The van der Waals surface area contributed by atoms with Crippen LogP contribution in [-0.2, 0) is 15.9 Å². The van der Waals surface area contributed by atoms with Crippen LogP contribution in [0.5, 0.6) is 0 Å². The fourth-order valence-electron chi connectivity index (χ4n) is 1.61. The molecule has 16 heavy (non-hydrogen) atoms. The molecule has 2 rings (SSSR count). The standard InChI is InChI=1S/C10H10BNO4/c1-6-12-9-3-2-7(5-10(13)14)4-8(9)11(15)16-6/h2-4,15H,5H2,1H3,(H,13,14). The van der Waals surface area contributed by atoms with Crippen LogP contribution < -0.4 is 5.46 Å². The van der Waals surface area contributed by atoms with Gasteiger partial charge in [-0.05, 0) is 11.6 Å². The molecule has 0 aliphatic carbocycles. The fourth-order valence-corrected chi connectivity index (χ4v) is 1.61. The van der Waals surface area contributed by atoms with Crippen LogP contribution in [0, 0.1) is 0 Å². The van der Waals surface area contributed by atoms with E-state index in [1.165, 1.54) is 0 Å². The van der Waals surface area contributed by atoms with E-state index in [-0.39, 0.29) is 6.42 Å². The number of hydrogen-bond donors (Lipinski definition) is 2. The second-order valence-electron chi connectivity index (χ2n) is 3.56. The summed E-state index contributed by atoms with van der Waals surface area (Å²) in [5, 5.41) is 18.3. The van der Waals surface area contributed by atoms with Gasteiger partial charge in [0.15, 0.2) is 5.90 Å². The van der Waals surface area contributed by atoms with Gasteiger partial charge in [0.25, 0.3) is 0 Å². The SMILES string of the molecule is CC1=Nc2ccc(CC(=O)O)cc2B(O)O1. The van der Waals surface area contributed by atoms with E-state index >= 15 is 0 Å². The van der Waals surface area contributed by atoms with Crippen LogP contribution in [0.3, 0.4) is 0 Å². The van der Waals surface area contributed by atoms with E-state index in [2.05, 4.69) is 4.99 Å². The highest BCUT2D eigenvalue weighted by Gasteiger charge is 2.27. The lowest BCUT2D eigenvalue weighted by molar-refractivity contribution is -0.136. The lowest BCUT2D eigenvalue weighted by atomic mass is 9.76. The second kappa shape index (κ2) is 3.98. The van der Waals surface area contributed by atoms with Gasteiger partial charge >= 0.3 is 13.1 Å². The number of carbonyl (C=O) groups is 1. The van der Waals surface area contributed by atoms with Crippen molar-refractivity contribution >= 4 is 30.1 Å². The molecule has 1 aromatic rings. The molecule has 1 aromatic carbocycles. The third-order valence-electron chi connectivity index (χ3n) is 2.27. The minimum absolute atomic E-state index is 0.0807. The predicted octanol–water partition coefficient (Wildman–Crippen LogP) is 0.0813. The van der Waals surface area contributed by atoms with Crippen LogP contribution in [0.2, 0.25) is 0 Å². The molecule has 0 fully saturated rings. The van der Waals surface area contributed by atoms with Gasteiger partial charge in [-0.3, -0.25) is 4.79 Å². The van der Waals surface area contributed by atoms with Crippen molar-refractivity contribution < 1.29 is 19.6 Å². The van der Waals surface area contributed by atoms with E-state index in [1.54, 1.807) is 25.1 Å². The van der Waals surface area contributed by atoms with Crippen molar-refractivity contribution in [3.05, 3.63) is 23.8 Å². The molecule has 0 atom stereocenters. The van der Waals surface area contributed by atoms with E-state index in [9.17, 15) is 9.82 Å². The molecule has 2 N–H and O–H groups in total. The quantitative estimate of drug-likeness (QED) is 0.690. The number of nitrogens with zero attached hydrogens (tertiary/aromatic N) is 1. The minimum Gasteiger partial charge on any atom is -0.522 e. The van der Waals surface area contributed by atoms with E-state index in [4.69, 9.17) is 9.76 Å². The average molecular weight is 219 g/mol. The Morgan fingerprint density at radius 2 is 2.31 bits per heavy atom. The molecular weight excluding hydrogens is 209 g/mol. The highest BCUT2D eigenvalue weighted by atomic mass is 16.5. The Labute approximate surface area is 92.5 Å². The summed E-state index contributed by atoms with van der Waals surface area (Å²) in [5.41, 5.74) is 1.73. The molecule has 0 saturated carbocycles. The summed E-state index contributed by atoms with van der Waals surface area (Å²) in [5.74, 6) is -0.517. The minimum atomic E-state index is -1.07. The molecule has 0 spiro atoms. The molecule has 82 valence electrons. The largest absolute Gasteiger partial charge is 0.563 e. The first-order chi connectivity index (χ1) is 7.56. The fraction of sp³-hybridized carbons (Fsp3) is 0.200. The Morgan fingerprint density at radius 1 is 1.56 bits per heavy atom. The lowest BCUT2D eigenvalue weighted by Gasteiger charge is -2.17. The Hall–Kier alpha value is -1.82. The summed E-state index contributed by atoms with van der Waals surface area (Å²) in [4.78, 5) is 14.7. The first-order valence-corrected chi connectivity index (χ1v) is 4.81. The Bertz CT molecular complexity index is 472. The maximum absolute atomic E-state index is 10.5. The molecule has 0 amide bonds. The number of aliphatic imine (C=N–C) groups is 1. The molecule has 6 heteroatoms. The van der Waals surface area contributed by atoms with Crippen LogP contribution in [0.4, 0.5) is 5.69 Å². The van der Waals surface area contributed by atoms with Crippen LogP contribution in [-0.4, -0.2) is 29.1 Å². The van der Waals surface area contributed by atoms with Gasteiger partial charge in [0.2, 0.25) is 0 Å². The maximum Gasteiger partial charge on any atom is 0.563 e. The highest BCUT2D eigenvalue weighted by molar-refractivity contribution is 6.64. The summed E-state index contributed by atoms with van der Waals surface area (Å²) in [6.07, 6.45) is -0.0807. The number of hydrogen-bond acceptors (Lipinski definition) is 4. The zero-order valence-electron chi connectivity index (χ0n) is 8.67. The Morgan fingerprint density at radius 3 is 3.00 bits per heavy atom. The van der Waals surface area contributed by atoms with Crippen LogP contribution in [0.1, 0.15) is 12.5 Å². The summed E-state index contributed by atoms with van der Waals surface area (Å²) >= 11 is 0. The number of benzene rings is 1. The van der Waals surface area contributed by atoms with E-state index < -0.39 is 13.1 Å². The summed E-state index contributed by atoms with van der Waals surface area (Å²) in [6.45, 7) is 1.65. The molecule has 0 saturated heterocycles. The predicted molar refractivity (Wildman–Crippen MR) is 59.2 cm³/mol. The molecular formula is C10H10BNO4. The van der Waals surface area contributed by atoms with Crippen molar-refractivity contribution in [1.82, 2.24) is 0 Å². The summed E-state index contributed by atoms with van der Waals surface area (Å²) in [7, 11) is -1.07. The van der Waals surface area contributed by atoms with Crippen molar-refractivity contribution in [2.45, 2.75) is 13.3 Å². The van der Waals surface area contributed by atoms with Crippen LogP contribution >= 0.6 is 0 Å². The van der Waals surface area contributed by atoms with E-state index in [0.717, 1.165) is 0 Å². The number of rotatable bonds is 2. The summed E-state index contributed by atoms with van der Waals surface area (Å²) < 4.78 is 5.03. The molecule has 1 aliphatic rings. The van der Waals surface area contributed by atoms with Crippen molar-refractivity contribution in [3.63, 3.8) is 0 Å². The molecule has 0 bridgehead atoms. The average Bonchev–Trinajstić information content (AvgIpc) is 2.18. The number of fused-ring (bicyclic) bond motifs is 1. The number of aliphatic carboxylic acids is 1. The third kappa shape index (κ3) is 2.06. The van der Waals surface area contributed by atoms with E-state index in [0.29, 0.717) is 22.6 Å². The normalized spacial score (nSPS) is 13.9. The van der Waals surface area contributed by atoms with Gasteiger partial charge in [0.05, 0.1) is 12.1 Å². The van der Waals surface area contributed by atoms with Gasteiger partial charge in [0, 0.05) is 12.4 Å². The van der Waals surface area contributed by atoms with Gasteiger partial charge in [-0.15, -0.1) is 0 Å². The highest BCUT2D eigenvalue weighted by Crippen LogP contribution is 2.16. The molecule has 0 radical (unpaired) electrons. The molecule has 5 nitrogen and oxygen atoms in total. The van der Waals surface area contributed by atoms with Gasteiger partial charge in [-0.1, -0.05) is 12.1 Å². The molecule has 0 aromatic heterocycles. The number of carboxylic acids is 1. The molecule has 0 unspecified atom stereocenters. The van der Waals surface area contributed by atoms with Crippen molar-refractivity contribution in [3.8, 4) is 0 Å². The van der Waals surface area contributed by atoms with E-state index in [1.807, 2.05) is 0 Å². The van der Waals surface area contributed by atoms with Gasteiger partial charge in [0.1, 0.15) is 0 Å². The maximum atomic E-state index is 10.5. The monoisotopic (exact) mass is 219 g/mol. The van der Waals surface area contributed by atoms with Crippen molar-refractivity contribution in [1.29, 1.82) is 0 Å². The zero-order valence-corrected chi connectivity index (χ0v) is 8.67. The smallest absolute Gasteiger partial charge is 0.522 e. The molecule has 1 aliphatic heterocycles. The van der Waals surface area contributed by atoms with Crippen molar-refractivity contribution in [2.24, 2.45) is 4.99 Å². The van der Waals surface area contributed by atoms with Crippen LogP contribution in [0.15, 0.2) is 23.2 Å². The Balaban J connectivity index is 2.38. The first-order valence-electron chi connectivity index (χ1n) is 4.81. The summed E-state index contributed by atoms with van der Waals surface area (Å²) in [6, 6.07) is 4.97. The zero-order chi connectivity index (χ0) is 11.7. The Kier molecular flexibility index (Phi) is 2.66. The molecule has 1 heterocycles. The van der Waals surface area contributed by atoms with Gasteiger partial charge in [-0.25, -0.2) is 4.99 Å². The van der Waals surface area contributed by atoms with Crippen molar-refractivity contribution in [2.75, 3.05) is 0 Å². The third-order valence-corrected chi connectivity index (χ3v) is 2.27. The van der Waals surface area contributed by atoms with Gasteiger partial charge < -0.3 is 14.8 Å². The lowest BCUT2D eigenvalue weighted by Crippen LogP contribution is -2.38. The second-order valence-corrected chi connectivity index (χ2v) is 3.56. The van der Waals surface area contributed by atoms with Gasteiger partial charge in [-0.2, -0.15) is 0 Å². The van der Waals surface area contributed by atoms with Crippen LogP contribution in [0.25, 0.3) is 0 Å². The first kappa shape index (κ1) is 10.7.